The van der Waals surface area contributed by atoms with E-state index in [1.165, 1.54) is 0 Å². The van der Waals surface area contributed by atoms with Crippen LogP contribution in [0.4, 0.5) is 0 Å². The molecule has 3 heteroatoms. The van der Waals surface area contributed by atoms with E-state index in [1.54, 1.807) is 43.5 Å². The largest absolute Gasteiger partial charge is 0.496 e. The summed E-state index contributed by atoms with van der Waals surface area (Å²) in [5, 5.41) is 8.98. The summed E-state index contributed by atoms with van der Waals surface area (Å²) >= 11 is 0. The van der Waals surface area contributed by atoms with Crippen molar-refractivity contribution in [1.29, 1.82) is 0 Å². The number of ether oxygens (including phenoxy) is 1. The van der Waals surface area contributed by atoms with E-state index in [4.69, 9.17) is 9.84 Å². The fourth-order valence-corrected chi connectivity index (χ4v) is 2.05. The van der Waals surface area contributed by atoms with E-state index >= 15 is 0 Å². The van der Waals surface area contributed by atoms with E-state index in [0.717, 1.165) is 22.4 Å². The van der Waals surface area contributed by atoms with Gasteiger partial charge < -0.3 is 9.84 Å². The summed E-state index contributed by atoms with van der Waals surface area (Å²) in [4.78, 5) is 12.1. The zero-order valence-electron chi connectivity index (χ0n) is 12.2. The summed E-state index contributed by atoms with van der Waals surface area (Å²) in [6.45, 7) is 1.95. The van der Waals surface area contributed by atoms with Crippen molar-refractivity contribution in [2.75, 3.05) is 7.11 Å². The van der Waals surface area contributed by atoms with Crippen molar-refractivity contribution in [1.82, 2.24) is 0 Å². The summed E-state index contributed by atoms with van der Waals surface area (Å²) < 4.78 is 5.21. The van der Waals surface area contributed by atoms with Crippen LogP contribution in [0.1, 0.15) is 27.0 Å². The molecule has 0 aliphatic carbocycles. The lowest BCUT2D eigenvalue weighted by atomic mass is 10.1. The average Bonchev–Trinajstić information content (AvgIpc) is 2.52. The lowest BCUT2D eigenvalue weighted by Crippen LogP contribution is -1.95. The van der Waals surface area contributed by atoms with Gasteiger partial charge in [0.1, 0.15) is 5.75 Å². The fourth-order valence-electron chi connectivity index (χ4n) is 2.05. The van der Waals surface area contributed by atoms with Gasteiger partial charge >= 0.3 is 0 Å². The average molecular weight is 282 g/mol. The first-order valence-corrected chi connectivity index (χ1v) is 6.71. The molecule has 0 bridgehead atoms. The molecule has 0 aromatic heterocycles. The minimum atomic E-state index is -0.0621. The van der Waals surface area contributed by atoms with Crippen LogP contribution in [0.5, 0.6) is 5.75 Å². The second kappa shape index (κ2) is 6.86. The van der Waals surface area contributed by atoms with Crippen LogP contribution in [0.2, 0.25) is 0 Å². The predicted octanol–water partition coefficient (Wildman–Crippen LogP) is 3.39. The molecule has 0 amide bonds. The Balaban J connectivity index is 2.12. The van der Waals surface area contributed by atoms with E-state index in [1.807, 2.05) is 25.1 Å². The van der Waals surface area contributed by atoms with Crippen molar-refractivity contribution >= 4 is 11.9 Å². The van der Waals surface area contributed by atoms with Crippen molar-refractivity contribution in [3.63, 3.8) is 0 Å². The van der Waals surface area contributed by atoms with E-state index in [2.05, 4.69) is 0 Å². The molecule has 0 saturated heterocycles. The molecule has 1 N–H and O–H groups in total. The highest BCUT2D eigenvalue weighted by Crippen LogP contribution is 2.19. The summed E-state index contributed by atoms with van der Waals surface area (Å²) in [5.41, 5.74) is 3.38. The standard InChI is InChI=1S/C18H18O3/c1-13-11-14(6-10-18(13)21-2)5-9-17(20)16-7-3-15(12-19)4-8-16/h3-11,19H,12H2,1-2H3/b9-5+. The van der Waals surface area contributed by atoms with Crippen molar-refractivity contribution in [3.05, 3.63) is 70.8 Å². The highest BCUT2D eigenvalue weighted by Gasteiger charge is 2.02. The monoisotopic (exact) mass is 282 g/mol. The van der Waals surface area contributed by atoms with Gasteiger partial charge in [-0.15, -0.1) is 0 Å². The molecule has 0 aliphatic heterocycles. The minimum Gasteiger partial charge on any atom is -0.496 e. The van der Waals surface area contributed by atoms with Gasteiger partial charge in [0.2, 0.25) is 0 Å². The summed E-state index contributed by atoms with van der Waals surface area (Å²) in [6, 6.07) is 12.7. The number of carbonyl (C=O) groups is 1. The molecule has 0 aliphatic rings. The third-order valence-corrected chi connectivity index (χ3v) is 3.27. The van der Waals surface area contributed by atoms with Crippen LogP contribution >= 0.6 is 0 Å². The maximum atomic E-state index is 12.1. The van der Waals surface area contributed by atoms with Gasteiger partial charge in [0, 0.05) is 5.56 Å². The zero-order chi connectivity index (χ0) is 15.2. The van der Waals surface area contributed by atoms with Gasteiger partial charge in [0.15, 0.2) is 5.78 Å². The number of rotatable bonds is 5. The lowest BCUT2D eigenvalue weighted by molar-refractivity contribution is 0.104. The third kappa shape index (κ3) is 3.80. The first-order valence-electron chi connectivity index (χ1n) is 6.71. The fraction of sp³-hybridized carbons (Fsp3) is 0.167. The Bertz CT molecular complexity index is 655. The van der Waals surface area contributed by atoms with Gasteiger partial charge in [0.05, 0.1) is 13.7 Å². The number of ketones is 1. The van der Waals surface area contributed by atoms with Gasteiger partial charge in [-0.2, -0.15) is 0 Å². The van der Waals surface area contributed by atoms with Gasteiger partial charge in [-0.05, 0) is 41.8 Å². The van der Waals surface area contributed by atoms with Crippen molar-refractivity contribution in [3.8, 4) is 5.75 Å². The first kappa shape index (κ1) is 15.0. The number of benzene rings is 2. The summed E-state index contributed by atoms with van der Waals surface area (Å²) in [5.74, 6) is 0.769. The smallest absolute Gasteiger partial charge is 0.185 e. The van der Waals surface area contributed by atoms with Gasteiger partial charge in [-0.3, -0.25) is 4.79 Å². The Labute approximate surface area is 124 Å². The van der Waals surface area contributed by atoms with E-state index in [9.17, 15) is 4.79 Å². The van der Waals surface area contributed by atoms with E-state index < -0.39 is 0 Å². The van der Waals surface area contributed by atoms with Crippen LogP contribution in [0.25, 0.3) is 6.08 Å². The normalized spacial score (nSPS) is 10.8. The van der Waals surface area contributed by atoms with Crippen LogP contribution in [0.15, 0.2) is 48.5 Å². The Morgan fingerprint density at radius 1 is 1.19 bits per heavy atom. The van der Waals surface area contributed by atoms with Crippen LogP contribution in [-0.4, -0.2) is 18.0 Å². The molecule has 0 atom stereocenters. The number of aliphatic hydroxyl groups excluding tert-OH is 1. The number of carbonyl (C=O) groups excluding carboxylic acids is 1. The second-order valence-corrected chi connectivity index (χ2v) is 4.78. The van der Waals surface area contributed by atoms with Crippen LogP contribution in [0, 0.1) is 6.92 Å². The molecule has 0 unspecified atom stereocenters. The van der Waals surface area contributed by atoms with Gasteiger partial charge in [-0.1, -0.05) is 36.4 Å². The maximum absolute atomic E-state index is 12.1. The number of allylic oxidation sites excluding steroid dienone is 1. The molecule has 2 rings (SSSR count). The van der Waals surface area contributed by atoms with Gasteiger partial charge in [0.25, 0.3) is 0 Å². The molecule has 0 saturated carbocycles. The molecule has 108 valence electrons. The topological polar surface area (TPSA) is 46.5 Å². The molecule has 2 aromatic carbocycles. The van der Waals surface area contributed by atoms with Gasteiger partial charge in [-0.25, -0.2) is 0 Å². The third-order valence-electron chi connectivity index (χ3n) is 3.27. The molecular formula is C18H18O3. The van der Waals surface area contributed by atoms with Crippen LogP contribution in [0.3, 0.4) is 0 Å². The number of hydrogen-bond acceptors (Lipinski definition) is 3. The summed E-state index contributed by atoms with van der Waals surface area (Å²) in [7, 11) is 1.64. The van der Waals surface area contributed by atoms with Crippen molar-refractivity contribution in [2.45, 2.75) is 13.5 Å². The number of hydrogen-bond donors (Lipinski definition) is 1. The Morgan fingerprint density at radius 2 is 1.90 bits per heavy atom. The molecule has 0 spiro atoms. The van der Waals surface area contributed by atoms with Crippen LogP contribution in [-0.2, 0) is 6.61 Å². The SMILES string of the molecule is COc1ccc(/C=C/C(=O)c2ccc(CO)cc2)cc1C. The number of aliphatic hydroxyl groups is 1. The number of methoxy groups -OCH3 is 1. The minimum absolute atomic E-state index is 0.0184. The molecule has 0 fully saturated rings. The maximum Gasteiger partial charge on any atom is 0.185 e. The predicted molar refractivity (Wildman–Crippen MR) is 83.5 cm³/mol. The van der Waals surface area contributed by atoms with Crippen molar-refractivity contribution in [2.24, 2.45) is 0 Å². The number of aryl methyl sites for hydroxylation is 1. The molecule has 0 radical (unpaired) electrons. The second-order valence-electron chi connectivity index (χ2n) is 4.78. The molecular weight excluding hydrogens is 264 g/mol. The Kier molecular flexibility index (Phi) is 4.90. The Hall–Kier alpha value is -2.39. The lowest BCUT2D eigenvalue weighted by Gasteiger charge is -2.04. The van der Waals surface area contributed by atoms with Crippen LogP contribution < -0.4 is 4.74 Å². The first-order chi connectivity index (χ1) is 10.1. The highest BCUT2D eigenvalue weighted by atomic mass is 16.5. The highest BCUT2D eigenvalue weighted by molar-refractivity contribution is 6.06. The summed E-state index contributed by atoms with van der Waals surface area (Å²) in [6.07, 6.45) is 3.34. The molecule has 21 heavy (non-hydrogen) atoms. The molecule has 0 heterocycles. The van der Waals surface area contributed by atoms with Crippen molar-refractivity contribution < 1.29 is 14.6 Å². The quantitative estimate of drug-likeness (QED) is 0.675. The zero-order valence-corrected chi connectivity index (χ0v) is 12.2. The molecule has 3 nitrogen and oxygen atoms in total. The Morgan fingerprint density at radius 3 is 2.48 bits per heavy atom. The van der Waals surface area contributed by atoms with E-state index in [0.29, 0.717) is 5.56 Å². The van der Waals surface area contributed by atoms with E-state index in [-0.39, 0.29) is 12.4 Å². The molecule has 2 aromatic rings.